The highest BCUT2D eigenvalue weighted by molar-refractivity contribution is 7.99. The zero-order chi connectivity index (χ0) is 21.5. The minimum Gasteiger partial charge on any atom is -0.494 e. The van der Waals surface area contributed by atoms with E-state index >= 15 is 0 Å². The van der Waals surface area contributed by atoms with Crippen molar-refractivity contribution in [2.24, 2.45) is 0 Å². The molecule has 0 radical (unpaired) electrons. The van der Waals surface area contributed by atoms with Gasteiger partial charge >= 0.3 is 5.97 Å². The number of benzene rings is 2. The molecule has 30 heavy (non-hydrogen) atoms. The number of pyridine rings is 1. The summed E-state index contributed by atoms with van der Waals surface area (Å²) in [5.41, 5.74) is 2.21. The summed E-state index contributed by atoms with van der Waals surface area (Å²) in [6, 6.07) is 15.7. The van der Waals surface area contributed by atoms with E-state index in [2.05, 4.69) is 10.3 Å². The number of fused-ring (bicyclic) bond motifs is 1. The number of esters is 1. The van der Waals surface area contributed by atoms with Crippen molar-refractivity contribution < 1.29 is 19.1 Å². The molecule has 1 aromatic heterocycles. The van der Waals surface area contributed by atoms with Gasteiger partial charge in [0.15, 0.2) is 0 Å². The number of amides is 1. The summed E-state index contributed by atoms with van der Waals surface area (Å²) in [5, 5.41) is 3.71. The van der Waals surface area contributed by atoms with Gasteiger partial charge in [-0.1, -0.05) is 18.2 Å². The van der Waals surface area contributed by atoms with E-state index in [0.717, 1.165) is 27.2 Å². The fourth-order valence-corrected chi connectivity index (χ4v) is 4.13. The monoisotopic (exact) mass is 424 g/mol. The predicted octanol–water partition coefficient (Wildman–Crippen LogP) is 4.01. The fraction of sp³-hybridized carbons (Fsp3) is 0.261. The van der Waals surface area contributed by atoms with Crippen molar-refractivity contribution in [3.05, 3.63) is 65.9 Å². The number of carbonyl (C=O) groups excluding carboxylic acids is 2. The maximum atomic E-state index is 12.5. The Morgan fingerprint density at radius 1 is 1.13 bits per heavy atom. The average molecular weight is 425 g/mol. The van der Waals surface area contributed by atoms with Crippen molar-refractivity contribution in [1.82, 2.24) is 10.3 Å². The van der Waals surface area contributed by atoms with Crippen LogP contribution in [0.2, 0.25) is 0 Å². The molecule has 0 aliphatic heterocycles. The van der Waals surface area contributed by atoms with Gasteiger partial charge in [-0.25, -0.2) is 4.79 Å². The molecule has 0 saturated carbocycles. The van der Waals surface area contributed by atoms with Gasteiger partial charge in [-0.15, -0.1) is 11.8 Å². The molecule has 0 spiro atoms. The summed E-state index contributed by atoms with van der Waals surface area (Å²) in [4.78, 5) is 30.3. The molecule has 0 bridgehead atoms. The second-order valence-electron chi connectivity index (χ2n) is 6.60. The van der Waals surface area contributed by atoms with Gasteiger partial charge in [0.2, 0.25) is 0 Å². The van der Waals surface area contributed by atoms with Crippen LogP contribution in [0.5, 0.6) is 5.75 Å². The molecule has 0 aliphatic carbocycles. The molecular weight excluding hydrogens is 400 g/mol. The smallest absolute Gasteiger partial charge is 0.329 e. The van der Waals surface area contributed by atoms with Crippen LogP contribution in [0.25, 0.3) is 10.9 Å². The van der Waals surface area contributed by atoms with Gasteiger partial charge < -0.3 is 14.8 Å². The molecule has 3 rings (SSSR count). The Morgan fingerprint density at radius 3 is 2.60 bits per heavy atom. The quantitative estimate of drug-likeness (QED) is 0.435. The van der Waals surface area contributed by atoms with Crippen LogP contribution in [0.4, 0.5) is 0 Å². The van der Waals surface area contributed by atoms with E-state index in [4.69, 9.17) is 9.47 Å². The molecule has 0 saturated heterocycles. The van der Waals surface area contributed by atoms with E-state index in [0.29, 0.717) is 17.9 Å². The molecule has 7 heteroatoms. The maximum absolute atomic E-state index is 12.5. The summed E-state index contributed by atoms with van der Waals surface area (Å²) in [6.45, 7) is 4.43. The number of methoxy groups -OCH3 is 1. The lowest BCUT2D eigenvalue weighted by atomic mass is 10.2. The summed E-state index contributed by atoms with van der Waals surface area (Å²) in [5.74, 6) is 0.278. The second kappa shape index (κ2) is 10.1. The topological polar surface area (TPSA) is 77.5 Å². The lowest BCUT2D eigenvalue weighted by Crippen LogP contribution is -2.43. The molecule has 156 valence electrons. The number of hydrogen-bond acceptors (Lipinski definition) is 6. The summed E-state index contributed by atoms with van der Waals surface area (Å²) >= 11 is 1.47. The number of carbonyl (C=O) groups is 2. The summed E-state index contributed by atoms with van der Waals surface area (Å²) in [6.07, 6.45) is 0. The van der Waals surface area contributed by atoms with Crippen LogP contribution in [-0.2, 0) is 9.53 Å². The molecule has 0 aliphatic rings. The third-order valence-corrected chi connectivity index (χ3v) is 5.56. The highest BCUT2D eigenvalue weighted by atomic mass is 32.2. The van der Waals surface area contributed by atoms with E-state index < -0.39 is 12.0 Å². The van der Waals surface area contributed by atoms with E-state index in [1.165, 1.54) is 18.9 Å². The molecule has 1 N–H and O–H groups in total. The average Bonchev–Trinajstić information content (AvgIpc) is 2.76. The van der Waals surface area contributed by atoms with E-state index in [1.54, 1.807) is 24.3 Å². The largest absolute Gasteiger partial charge is 0.494 e. The summed E-state index contributed by atoms with van der Waals surface area (Å²) < 4.78 is 10.5. The van der Waals surface area contributed by atoms with Gasteiger partial charge in [0.1, 0.15) is 11.8 Å². The number of rotatable bonds is 8. The lowest BCUT2D eigenvalue weighted by molar-refractivity contribution is -0.142. The van der Waals surface area contributed by atoms with Crippen molar-refractivity contribution >= 4 is 34.5 Å². The Labute approximate surface area is 180 Å². The Morgan fingerprint density at radius 2 is 1.90 bits per heavy atom. The molecule has 0 unspecified atom stereocenters. The minimum atomic E-state index is -0.786. The maximum Gasteiger partial charge on any atom is 0.329 e. The van der Waals surface area contributed by atoms with Crippen LogP contribution in [0.3, 0.4) is 0 Å². The van der Waals surface area contributed by atoms with Crippen molar-refractivity contribution in [3.63, 3.8) is 0 Å². The predicted molar refractivity (Wildman–Crippen MR) is 118 cm³/mol. The van der Waals surface area contributed by atoms with Crippen molar-refractivity contribution in [3.8, 4) is 5.75 Å². The van der Waals surface area contributed by atoms with E-state index in [-0.39, 0.29) is 5.91 Å². The van der Waals surface area contributed by atoms with Crippen molar-refractivity contribution in [1.29, 1.82) is 0 Å². The summed E-state index contributed by atoms with van der Waals surface area (Å²) in [7, 11) is 1.31. The highest BCUT2D eigenvalue weighted by Crippen LogP contribution is 2.31. The van der Waals surface area contributed by atoms with E-state index in [9.17, 15) is 9.59 Å². The number of nitrogens with zero attached hydrogens (tertiary/aromatic N) is 1. The number of hydrogen-bond donors (Lipinski definition) is 1. The number of nitrogens with one attached hydrogen (secondary N) is 1. The normalized spacial score (nSPS) is 11.7. The first kappa shape index (κ1) is 21.6. The van der Waals surface area contributed by atoms with Crippen molar-refractivity contribution in [2.75, 3.05) is 19.5 Å². The molecule has 3 aromatic rings. The number of aryl methyl sites for hydroxylation is 1. The molecule has 6 nitrogen and oxygen atoms in total. The minimum absolute atomic E-state index is 0.319. The van der Waals surface area contributed by atoms with E-state index in [1.807, 2.05) is 44.2 Å². The lowest BCUT2D eigenvalue weighted by Gasteiger charge is -2.17. The first-order valence-electron chi connectivity index (χ1n) is 9.62. The third kappa shape index (κ3) is 5.30. The van der Waals surface area contributed by atoms with Gasteiger partial charge in [0.05, 0.1) is 19.2 Å². The van der Waals surface area contributed by atoms with Gasteiger partial charge in [-0.05, 0) is 50.2 Å². The first-order chi connectivity index (χ1) is 14.5. The van der Waals surface area contributed by atoms with Gasteiger partial charge in [0, 0.05) is 27.3 Å². The number of thioether (sulfide) groups is 1. The Balaban J connectivity index is 1.82. The van der Waals surface area contributed by atoms with Crippen LogP contribution in [-0.4, -0.2) is 42.4 Å². The third-order valence-electron chi connectivity index (χ3n) is 4.41. The Bertz CT molecular complexity index is 1040. The van der Waals surface area contributed by atoms with Gasteiger partial charge in [-0.3, -0.25) is 9.78 Å². The standard InChI is InChI=1S/C23H24N2O4S/c1-4-29-17-10-11-19-18(13-17)21(12-15(2)24-19)30-14-20(23(27)28-3)25-22(26)16-8-6-5-7-9-16/h5-13,20H,4,14H2,1-3H3,(H,25,26)/t20-/m0/s1. The zero-order valence-corrected chi connectivity index (χ0v) is 18.0. The van der Waals surface area contributed by atoms with Crippen LogP contribution in [0.15, 0.2) is 59.5 Å². The molecule has 1 heterocycles. The zero-order valence-electron chi connectivity index (χ0n) is 17.2. The Hall–Kier alpha value is -3.06. The van der Waals surface area contributed by atoms with Crippen LogP contribution >= 0.6 is 11.8 Å². The Kier molecular flexibility index (Phi) is 7.30. The van der Waals surface area contributed by atoms with Crippen LogP contribution in [0, 0.1) is 6.92 Å². The fourth-order valence-electron chi connectivity index (χ4n) is 2.99. The first-order valence-corrected chi connectivity index (χ1v) is 10.6. The van der Waals surface area contributed by atoms with Crippen molar-refractivity contribution in [2.45, 2.75) is 24.8 Å². The van der Waals surface area contributed by atoms with Gasteiger partial charge in [0.25, 0.3) is 5.91 Å². The highest BCUT2D eigenvalue weighted by Gasteiger charge is 2.23. The van der Waals surface area contributed by atoms with Crippen LogP contribution < -0.4 is 10.1 Å². The molecule has 0 fully saturated rings. The number of ether oxygens (including phenoxy) is 2. The SMILES string of the molecule is CCOc1ccc2nc(C)cc(SC[C@H](NC(=O)c3ccccc3)C(=O)OC)c2c1. The molecule has 1 amide bonds. The number of aromatic nitrogens is 1. The molecule has 2 aromatic carbocycles. The van der Waals surface area contributed by atoms with Crippen LogP contribution in [0.1, 0.15) is 23.0 Å². The molecular formula is C23H24N2O4S. The second-order valence-corrected chi connectivity index (χ2v) is 7.66. The van der Waals surface area contributed by atoms with Gasteiger partial charge in [-0.2, -0.15) is 0 Å². The molecule has 1 atom stereocenters.